The first kappa shape index (κ1) is 21.1. The largest absolute Gasteiger partial charge is 0.471 e. The Balaban J connectivity index is 1.54. The van der Waals surface area contributed by atoms with Crippen LogP contribution < -0.4 is 4.74 Å². The van der Waals surface area contributed by atoms with Gasteiger partial charge in [0.25, 0.3) is 0 Å². The summed E-state index contributed by atoms with van der Waals surface area (Å²) in [5, 5.41) is 17.2. The van der Waals surface area contributed by atoms with Crippen LogP contribution in [0.3, 0.4) is 0 Å². The normalized spacial score (nSPS) is 11.9. The number of fused-ring (bicyclic) bond motifs is 1. The molecule has 0 aliphatic carbocycles. The maximum Gasteiger partial charge on any atom is 0.241 e. The summed E-state index contributed by atoms with van der Waals surface area (Å²) < 4.78 is 7.67. The Hall–Kier alpha value is -4.19. The molecule has 2 aromatic heterocycles. The number of nitrogens with zero attached hydrogens (tertiary/aromatic N) is 4. The van der Waals surface area contributed by atoms with Crippen molar-refractivity contribution in [2.75, 3.05) is 0 Å². The second-order valence-corrected chi connectivity index (χ2v) is 7.44. The standard InChI is InChI=1S/C26H24N4O2/c1-4-20(13-14-27-31)23-16-30(3)29-26(23)32-17-19-9-11-21(12-10-19)25-18(2)15-22-7-5-6-8-24(22)28-25/h4-16,31H,1,17H2,2-3H3/b20-13+,27-14?. The molecule has 0 bridgehead atoms. The van der Waals surface area contributed by atoms with Crippen molar-refractivity contribution in [3.63, 3.8) is 0 Å². The van der Waals surface area contributed by atoms with Crippen molar-refractivity contribution in [3.05, 3.63) is 96.2 Å². The molecule has 0 saturated carbocycles. The van der Waals surface area contributed by atoms with Crippen LogP contribution in [0.1, 0.15) is 16.7 Å². The first-order valence-electron chi connectivity index (χ1n) is 10.2. The minimum absolute atomic E-state index is 0.368. The number of oxime groups is 1. The fraction of sp³-hybridized carbons (Fsp3) is 0.115. The minimum Gasteiger partial charge on any atom is -0.471 e. The lowest BCUT2D eigenvalue weighted by molar-refractivity contribution is 0.290. The maximum absolute atomic E-state index is 8.69. The number of ether oxygens (including phenoxy) is 1. The SMILES string of the molecule is C=C/C(=C\C=NO)c1cn(C)nc1OCc1ccc(-c2nc3ccccc3cc2C)cc1. The average molecular weight is 425 g/mol. The molecule has 2 heterocycles. The molecule has 0 radical (unpaired) electrons. The minimum atomic E-state index is 0.368. The van der Waals surface area contributed by atoms with E-state index in [-0.39, 0.29) is 0 Å². The van der Waals surface area contributed by atoms with E-state index in [9.17, 15) is 0 Å². The van der Waals surface area contributed by atoms with Crippen molar-refractivity contribution in [1.29, 1.82) is 0 Å². The summed E-state index contributed by atoms with van der Waals surface area (Å²) in [7, 11) is 1.82. The summed E-state index contributed by atoms with van der Waals surface area (Å²) in [6, 6.07) is 18.5. The fourth-order valence-corrected chi connectivity index (χ4v) is 3.58. The number of para-hydroxylation sites is 1. The van der Waals surface area contributed by atoms with Gasteiger partial charge in [-0.1, -0.05) is 60.3 Å². The van der Waals surface area contributed by atoms with Gasteiger partial charge in [0, 0.05) is 24.2 Å². The van der Waals surface area contributed by atoms with E-state index in [0.717, 1.165) is 44.4 Å². The van der Waals surface area contributed by atoms with E-state index in [1.807, 2.05) is 43.6 Å². The summed E-state index contributed by atoms with van der Waals surface area (Å²) >= 11 is 0. The molecule has 0 aliphatic heterocycles. The number of hydrogen-bond acceptors (Lipinski definition) is 5. The van der Waals surface area contributed by atoms with Crippen molar-refractivity contribution in [2.45, 2.75) is 13.5 Å². The first-order chi connectivity index (χ1) is 15.6. The molecule has 2 aromatic carbocycles. The van der Waals surface area contributed by atoms with Crippen LogP contribution in [0, 0.1) is 6.92 Å². The van der Waals surface area contributed by atoms with Crippen LogP contribution in [0.15, 0.2) is 84.7 Å². The number of allylic oxidation sites excluding steroid dienone is 3. The lowest BCUT2D eigenvalue weighted by Gasteiger charge is -2.10. The zero-order valence-corrected chi connectivity index (χ0v) is 18.1. The van der Waals surface area contributed by atoms with Crippen LogP contribution in [-0.4, -0.2) is 26.2 Å². The van der Waals surface area contributed by atoms with Crippen LogP contribution in [0.2, 0.25) is 0 Å². The summed E-state index contributed by atoms with van der Waals surface area (Å²) in [5.41, 5.74) is 6.71. The number of aromatic nitrogens is 3. The van der Waals surface area contributed by atoms with Gasteiger partial charge in [-0.3, -0.25) is 4.68 Å². The molecule has 4 rings (SSSR count). The third-order valence-electron chi connectivity index (χ3n) is 5.16. The van der Waals surface area contributed by atoms with E-state index >= 15 is 0 Å². The predicted molar refractivity (Wildman–Crippen MR) is 128 cm³/mol. The molecule has 0 fully saturated rings. The fourth-order valence-electron chi connectivity index (χ4n) is 3.58. The van der Waals surface area contributed by atoms with Gasteiger partial charge in [0.15, 0.2) is 0 Å². The number of rotatable bonds is 7. The third kappa shape index (κ3) is 4.44. The zero-order chi connectivity index (χ0) is 22.5. The molecule has 6 heteroatoms. The molecule has 0 spiro atoms. The van der Waals surface area contributed by atoms with E-state index in [2.05, 4.69) is 48.0 Å². The quantitative estimate of drug-likeness (QED) is 0.183. The summed E-state index contributed by atoms with van der Waals surface area (Å²) in [6.07, 6.45) is 6.43. The van der Waals surface area contributed by atoms with E-state index in [4.69, 9.17) is 14.9 Å². The Kier molecular flexibility index (Phi) is 6.12. The molecule has 160 valence electrons. The van der Waals surface area contributed by atoms with Crippen LogP contribution in [0.25, 0.3) is 27.7 Å². The van der Waals surface area contributed by atoms with Gasteiger partial charge in [0.05, 0.1) is 23.0 Å². The zero-order valence-electron chi connectivity index (χ0n) is 18.1. The lowest BCUT2D eigenvalue weighted by atomic mass is 10.0. The first-order valence-corrected chi connectivity index (χ1v) is 10.2. The van der Waals surface area contributed by atoms with Gasteiger partial charge in [-0.2, -0.15) is 0 Å². The van der Waals surface area contributed by atoms with Crippen LogP contribution in [-0.2, 0) is 13.7 Å². The summed E-state index contributed by atoms with van der Waals surface area (Å²) in [4.78, 5) is 4.85. The van der Waals surface area contributed by atoms with Crippen LogP contribution in [0.5, 0.6) is 5.88 Å². The highest BCUT2D eigenvalue weighted by molar-refractivity contribution is 5.89. The predicted octanol–water partition coefficient (Wildman–Crippen LogP) is 5.55. The molecule has 32 heavy (non-hydrogen) atoms. The number of pyridine rings is 1. The Morgan fingerprint density at radius 1 is 1.19 bits per heavy atom. The van der Waals surface area contributed by atoms with Gasteiger partial charge in [0.2, 0.25) is 5.88 Å². The second-order valence-electron chi connectivity index (χ2n) is 7.44. The van der Waals surface area contributed by atoms with Gasteiger partial charge in [-0.15, -0.1) is 5.10 Å². The van der Waals surface area contributed by atoms with Crippen molar-refractivity contribution >= 4 is 22.7 Å². The molecule has 4 aromatic rings. The van der Waals surface area contributed by atoms with E-state index in [1.165, 1.54) is 6.21 Å². The van der Waals surface area contributed by atoms with Crippen molar-refractivity contribution in [2.24, 2.45) is 12.2 Å². The van der Waals surface area contributed by atoms with Crippen LogP contribution >= 0.6 is 0 Å². The smallest absolute Gasteiger partial charge is 0.241 e. The highest BCUT2D eigenvalue weighted by Gasteiger charge is 2.12. The van der Waals surface area contributed by atoms with E-state index < -0.39 is 0 Å². The number of hydrogen-bond donors (Lipinski definition) is 1. The summed E-state index contributed by atoms with van der Waals surface area (Å²) in [5.74, 6) is 0.487. The Labute approximate surface area is 186 Å². The van der Waals surface area contributed by atoms with Gasteiger partial charge in [-0.25, -0.2) is 4.98 Å². The average Bonchev–Trinajstić information content (AvgIpc) is 3.18. The van der Waals surface area contributed by atoms with Gasteiger partial charge < -0.3 is 9.94 Å². The molecular weight excluding hydrogens is 400 g/mol. The van der Waals surface area contributed by atoms with Gasteiger partial charge in [-0.05, 0) is 41.8 Å². The van der Waals surface area contributed by atoms with Gasteiger partial charge in [0.1, 0.15) is 6.61 Å². The Bertz CT molecular complexity index is 1320. The molecule has 6 nitrogen and oxygen atoms in total. The topological polar surface area (TPSA) is 72.5 Å². The molecule has 0 saturated heterocycles. The molecule has 0 aliphatic rings. The highest BCUT2D eigenvalue weighted by Crippen LogP contribution is 2.27. The highest BCUT2D eigenvalue weighted by atomic mass is 16.5. The molecular formula is C26H24N4O2. The monoisotopic (exact) mass is 424 g/mol. The van der Waals surface area contributed by atoms with Crippen molar-refractivity contribution < 1.29 is 9.94 Å². The molecule has 0 unspecified atom stereocenters. The Morgan fingerprint density at radius 3 is 2.72 bits per heavy atom. The van der Waals surface area contributed by atoms with Crippen molar-refractivity contribution in [3.8, 4) is 17.1 Å². The van der Waals surface area contributed by atoms with E-state index in [0.29, 0.717) is 12.5 Å². The summed E-state index contributed by atoms with van der Waals surface area (Å²) in [6.45, 7) is 6.27. The number of benzene rings is 2. The molecule has 1 N–H and O–H groups in total. The lowest BCUT2D eigenvalue weighted by Crippen LogP contribution is -1.99. The Morgan fingerprint density at radius 2 is 1.97 bits per heavy atom. The van der Waals surface area contributed by atoms with Crippen LogP contribution in [0.4, 0.5) is 0 Å². The van der Waals surface area contributed by atoms with E-state index in [1.54, 1.807) is 16.8 Å². The third-order valence-corrected chi connectivity index (χ3v) is 5.16. The van der Waals surface area contributed by atoms with Gasteiger partial charge >= 0.3 is 0 Å². The molecule has 0 atom stereocenters. The number of aryl methyl sites for hydroxylation is 2. The maximum atomic E-state index is 8.69. The molecule has 0 amide bonds. The van der Waals surface area contributed by atoms with Crippen molar-refractivity contribution in [1.82, 2.24) is 14.8 Å². The second kappa shape index (κ2) is 9.31.